The third kappa shape index (κ3) is 2.73. The van der Waals surface area contributed by atoms with Crippen molar-refractivity contribution in [2.45, 2.75) is 70.4 Å². The number of rotatable bonds is 5. The van der Waals surface area contributed by atoms with Gasteiger partial charge in [-0.25, -0.2) is 0 Å². The van der Waals surface area contributed by atoms with E-state index in [-0.39, 0.29) is 0 Å². The van der Waals surface area contributed by atoms with Gasteiger partial charge in [0.1, 0.15) is 5.54 Å². The Morgan fingerprint density at radius 1 is 1.25 bits per heavy atom. The highest BCUT2D eigenvalue weighted by atomic mass is 16.4. The molecule has 1 aliphatic carbocycles. The Labute approximate surface area is 122 Å². The molecule has 1 heterocycles. The maximum Gasteiger partial charge on any atom is 0.323 e. The van der Waals surface area contributed by atoms with Crippen molar-refractivity contribution in [3.63, 3.8) is 0 Å². The summed E-state index contributed by atoms with van der Waals surface area (Å²) in [5, 5.41) is 12.5. The van der Waals surface area contributed by atoms with Crippen LogP contribution in [-0.4, -0.2) is 47.7 Å². The Bertz CT molecular complexity index is 344. The molecular weight excluding hydrogens is 252 g/mol. The van der Waals surface area contributed by atoms with Gasteiger partial charge in [0.15, 0.2) is 0 Å². The summed E-state index contributed by atoms with van der Waals surface area (Å²) >= 11 is 0. The molecule has 2 rings (SSSR count). The van der Waals surface area contributed by atoms with Crippen LogP contribution in [0.1, 0.15) is 58.8 Å². The quantitative estimate of drug-likeness (QED) is 0.813. The van der Waals surface area contributed by atoms with E-state index < -0.39 is 11.5 Å². The zero-order valence-electron chi connectivity index (χ0n) is 13.2. The molecule has 0 aromatic heterocycles. The highest BCUT2D eigenvalue weighted by Crippen LogP contribution is 2.41. The van der Waals surface area contributed by atoms with Gasteiger partial charge in [-0.15, -0.1) is 0 Å². The topological polar surface area (TPSA) is 52.6 Å². The van der Waals surface area contributed by atoms with Crippen LogP contribution in [0.3, 0.4) is 0 Å². The number of hydrogen-bond donors (Lipinski definition) is 2. The van der Waals surface area contributed by atoms with Crippen molar-refractivity contribution in [2.75, 3.05) is 20.1 Å². The summed E-state index contributed by atoms with van der Waals surface area (Å²) in [6.45, 7) is 6.91. The SMILES string of the molecule is CCC1(CC)CCN(C2CCC(NC)(C(=O)O)C2)CC1. The molecule has 1 saturated heterocycles. The van der Waals surface area contributed by atoms with E-state index in [4.69, 9.17) is 0 Å². The number of carboxylic acids is 1. The lowest BCUT2D eigenvalue weighted by molar-refractivity contribution is -0.144. The second kappa shape index (κ2) is 6.02. The van der Waals surface area contributed by atoms with Crippen molar-refractivity contribution in [3.8, 4) is 0 Å². The molecule has 0 aromatic carbocycles. The van der Waals surface area contributed by atoms with Crippen LogP contribution in [0.15, 0.2) is 0 Å². The zero-order chi connectivity index (χ0) is 14.8. The minimum absolute atomic E-state index is 0.449. The van der Waals surface area contributed by atoms with Crippen LogP contribution < -0.4 is 5.32 Å². The van der Waals surface area contributed by atoms with Gasteiger partial charge in [-0.1, -0.05) is 26.7 Å². The first-order valence-corrected chi connectivity index (χ1v) is 8.17. The van der Waals surface area contributed by atoms with E-state index in [9.17, 15) is 9.90 Å². The van der Waals surface area contributed by atoms with E-state index in [1.54, 1.807) is 7.05 Å². The molecule has 1 saturated carbocycles. The molecule has 2 N–H and O–H groups in total. The van der Waals surface area contributed by atoms with Gasteiger partial charge in [0.25, 0.3) is 0 Å². The van der Waals surface area contributed by atoms with E-state index in [0.717, 1.165) is 32.4 Å². The third-order valence-corrected chi connectivity index (χ3v) is 6.25. The normalized spacial score (nSPS) is 34.2. The van der Waals surface area contributed by atoms with Crippen molar-refractivity contribution in [2.24, 2.45) is 5.41 Å². The summed E-state index contributed by atoms with van der Waals surface area (Å²) in [5.41, 5.74) is -0.142. The highest BCUT2D eigenvalue weighted by Gasteiger charge is 2.46. The lowest BCUT2D eigenvalue weighted by Crippen LogP contribution is -2.50. The average Bonchev–Trinajstić information content (AvgIpc) is 2.93. The summed E-state index contributed by atoms with van der Waals surface area (Å²) < 4.78 is 0. The molecule has 20 heavy (non-hydrogen) atoms. The maximum absolute atomic E-state index is 11.5. The molecule has 0 spiro atoms. The number of carbonyl (C=O) groups is 1. The van der Waals surface area contributed by atoms with Crippen LogP contribution in [0.25, 0.3) is 0 Å². The summed E-state index contributed by atoms with van der Waals surface area (Å²) in [5.74, 6) is -0.684. The molecule has 116 valence electrons. The molecule has 1 aliphatic heterocycles. The molecule has 0 amide bonds. The Balaban J connectivity index is 1.94. The monoisotopic (exact) mass is 282 g/mol. The number of likely N-dealkylation sites (N-methyl/N-ethyl adjacent to an activating group) is 1. The van der Waals surface area contributed by atoms with E-state index in [2.05, 4.69) is 24.1 Å². The van der Waals surface area contributed by atoms with Crippen LogP contribution in [0.2, 0.25) is 0 Å². The largest absolute Gasteiger partial charge is 0.480 e. The van der Waals surface area contributed by atoms with Crippen LogP contribution in [-0.2, 0) is 4.79 Å². The molecule has 4 nitrogen and oxygen atoms in total. The Hall–Kier alpha value is -0.610. The fraction of sp³-hybridized carbons (Fsp3) is 0.938. The van der Waals surface area contributed by atoms with Gasteiger partial charge >= 0.3 is 5.97 Å². The highest BCUT2D eigenvalue weighted by molar-refractivity contribution is 5.79. The summed E-state index contributed by atoms with van der Waals surface area (Å²) in [7, 11) is 1.78. The first kappa shape index (κ1) is 15.8. The van der Waals surface area contributed by atoms with E-state index >= 15 is 0 Å². The van der Waals surface area contributed by atoms with Gasteiger partial charge in [-0.05, 0) is 57.7 Å². The number of nitrogens with zero attached hydrogens (tertiary/aromatic N) is 1. The molecular formula is C16H30N2O2. The van der Waals surface area contributed by atoms with Crippen LogP contribution in [0, 0.1) is 5.41 Å². The van der Waals surface area contributed by atoms with Crippen molar-refractivity contribution < 1.29 is 9.90 Å². The number of carboxylic acid groups (broad SMARTS) is 1. The minimum atomic E-state index is -0.686. The standard InChI is InChI=1S/C16H30N2O2/c1-4-15(5-2)8-10-18(11-9-15)13-6-7-16(12-13,17-3)14(19)20/h13,17H,4-12H2,1-3H3,(H,19,20). The second-order valence-corrected chi connectivity index (χ2v) is 6.78. The Morgan fingerprint density at radius 2 is 1.85 bits per heavy atom. The number of hydrogen-bond acceptors (Lipinski definition) is 3. The fourth-order valence-electron chi connectivity index (χ4n) is 4.18. The summed E-state index contributed by atoms with van der Waals surface area (Å²) in [6, 6.07) is 0.449. The first-order chi connectivity index (χ1) is 9.51. The van der Waals surface area contributed by atoms with E-state index in [0.29, 0.717) is 11.5 Å². The van der Waals surface area contributed by atoms with Crippen LogP contribution in [0.4, 0.5) is 0 Å². The smallest absolute Gasteiger partial charge is 0.323 e. The van der Waals surface area contributed by atoms with Crippen molar-refractivity contribution >= 4 is 5.97 Å². The predicted molar refractivity (Wildman–Crippen MR) is 80.9 cm³/mol. The van der Waals surface area contributed by atoms with Gasteiger partial charge in [-0.2, -0.15) is 0 Å². The second-order valence-electron chi connectivity index (χ2n) is 6.78. The zero-order valence-corrected chi connectivity index (χ0v) is 13.2. The van der Waals surface area contributed by atoms with Gasteiger partial charge in [0.2, 0.25) is 0 Å². The lowest BCUT2D eigenvalue weighted by atomic mass is 9.74. The van der Waals surface area contributed by atoms with Gasteiger partial charge in [-0.3, -0.25) is 4.79 Å². The Kier molecular flexibility index (Phi) is 4.75. The molecule has 4 heteroatoms. The van der Waals surface area contributed by atoms with Gasteiger partial charge in [0.05, 0.1) is 0 Å². The van der Waals surface area contributed by atoms with Crippen LogP contribution in [0.5, 0.6) is 0 Å². The molecule has 2 aliphatic rings. The fourth-order valence-corrected chi connectivity index (χ4v) is 4.18. The summed E-state index contributed by atoms with van der Waals surface area (Å²) in [6.07, 6.45) is 7.62. The van der Waals surface area contributed by atoms with Gasteiger partial charge < -0.3 is 15.3 Å². The van der Waals surface area contributed by atoms with E-state index in [1.807, 2.05) is 0 Å². The number of likely N-dealkylation sites (tertiary alicyclic amines) is 1. The lowest BCUT2D eigenvalue weighted by Gasteiger charge is -2.43. The summed E-state index contributed by atoms with van der Waals surface area (Å²) in [4.78, 5) is 14.0. The van der Waals surface area contributed by atoms with Crippen molar-refractivity contribution in [1.29, 1.82) is 0 Å². The molecule has 0 radical (unpaired) electrons. The van der Waals surface area contributed by atoms with Crippen molar-refractivity contribution in [1.82, 2.24) is 10.2 Å². The van der Waals surface area contributed by atoms with E-state index in [1.165, 1.54) is 25.7 Å². The third-order valence-electron chi connectivity index (χ3n) is 6.25. The predicted octanol–water partition coefficient (Wildman–Crippen LogP) is 2.48. The first-order valence-electron chi connectivity index (χ1n) is 8.17. The maximum atomic E-state index is 11.5. The minimum Gasteiger partial charge on any atom is -0.480 e. The average molecular weight is 282 g/mol. The number of nitrogens with one attached hydrogen (secondary N) is 1. The number of aliphatic carboxylic acids is 1. The van der Waals surface area contributed by atoms with Crippen LogP contribution >= 0.6 is 0 Å². The molecule has 0 bridgehead atoms. The molecule has 2 atom stereocenters. The molecule has 2 fully saturated rings. The van der Waals surface area contributed by atoms with Gasteiger partial charge in [0, 0.05) is 6.04 Å². The number of piperidine rings is 1. The molecule has 0 aromatic rings. The molecule has 2 unspecified atom stereocenters. The Morgan fingerprint density at radius 3 is 2.25 bits per heavy atom. The van der Waals surface area contributed by atoms with Crippen molar-refractivity contribution in [3.05, 3.63) is 0 Å².